The summed E-state index contributed by atoms with van der Waals surface area (Å²) in [5.74, 6) is 0.243. The van der Waals surface area contributed by atoms with E-state index < -0.39 is 5.60 Å². The molecule has 33 heavy (non-hydrogen) atoms. The Morgan fingerprint density at radius 3 is 2.79 bits per heavy atom. The Bertz CT molecular complexity index is 1130. The fourth-order valence-corrected chi connectivity index (χ4v) is 6.31. The van der Waals surface area contributed by atoms with Gasteiger partial charge in [-0.3, -0.25) is 9.69 Å². The van der Waals surface area contributed by atoms with Crippen molar-refractivity contribution in [3.05, 3.63) is 60.3 Å². The van der Waals surface area contributed by atoms with Gasteiger partial charge < -0.3 is 15.0 Å². The van der Waals surface area contributed by atoms with Crippen molar-refractivity contribution >= 4 is 35.0 Å². The summed E-state index contributed by atoms with van der Waals surface area (Å²) in [5.41, 5.74) is 3.15. The maximum atomic E-state index is 12.3. The molecular formula is C26H29N3O3S. The fraction of sp³-hybridized carbons (Fsp3) is 0.385. The first kappa shape index (κ1) is 22.0. The average Bonchev–Trinajstić information content (AvgIpc) is 3.03. The highest BCUT2D eigenvalue weighted by molar-refractivity contribution is 7.99. The van der Waals surface area contributed by atoms with Gasteiger partial charge in [0, 0.05) is 47.8 Å². The number of carbonyl (C=O) groups excluding carboxylic acids is 2. The lowest BCUT2D eigenvalue weighted by molar-refractivity contribution is -0.00263. The number of Topliss-reactive ketones (excluding diaryl/α,β-unsaturated/α-hetero) is 1. The molecule has 2 saturated heterocycles. The zero-order valence-corrected chi connectivity index (χ0v) is 19.9. The first-order chi connectivity index (χ1) is 15.9. The normalized spacial score (nSPS) is 24.0. The highest BCUT2D eigenvalue weighted by atomic mass is 32.2. The molecule has 1 spiro atoms. The molecule has 2 aromatic carbocycles. The summed E-state index contributed by atoms with van der Waals surface area (Å²) in [6.45, 7) is 8.24. The van der Waals surface area contributed by atoms with Crippen LogP contribution in [0.15, 0.2) is 64.5 Å². The van der Waals surface area contributed by atoms with E-state index in [1.807, 2.05) is 12.1 Å². The molecule has 0 aromatic heterocycles. The van der Waals surface area contributed by atoms with E-state index in [0.29, 0.717) is 0 Å². The minimum atomic E-state index is -0.605. The van der Waals surface area contributed by atoms with Crippen molar-refractivity contribution in [2.75, 3.05) is 31.6 Å². The summed E-state index contributed by atoms with van der Waals surface area (Å²) in [7, 11) is 1.74. The largest absolute Gasteiger partial charge is 0.436 e. The third kappa shape index (κ3) is 3.73. The standard InChI is InChI=1S/C26H29N3O3S/c1-17(30)19-10-11-24-22(15-19)29(21-8-4-5-9-23(21)33-24)14-6-7-20-16-27-13-12-26(20)18(2)28(3)25(31)32-26/h4-5,8-11,15,20,27H,2,6-7,12-14,16H2,1,3H3. The molecule has 5 rings (SSSR count). The van der Waals surface area contributed by atoms with Crippen molar-refractivity contribution in [2.45, 2.75) is 41.6 Å². The molecule has 6 nitrogen and oxygen atoms in total. The molecule has 0 saturated carbocycles. The van der Waals surface area contributed by atoms with Crippen LogP contribution in [0.2, 0.25) is 0 Å². The van der Waals surface area contributed by atoms with Crippen molar-refractivity contribution < 1.29 is 14.3 Å². The van der Waals surface area contributed by atoms with E-state index in [2.05, 4.69) is 47.1 Å². The van der Waals surface area contributed by atoms with Crippen LogP contribution in [0.4, 0.5) is 16.2 Å². The molecule has 1 N–H and O–H groups in total. The average molecular weight is 464 g/mol. The predicted octanol–water partition coefficient (Wildman–Crippen LogP) is 5.22. The van der Waals surface area contributed by atoms with Gasteiger partial charge in [0.1, 0.15) is 0 Å². The number of likely N-dealkylation sites (N-methyl/N-ethyl adjacent to an activating group) is 1. The Morgan fingerprint density at radius 1 is 1.24 bits per heavy atom. The minimum absolute atomic E-state index is 0.0718. The number of benzene rings is 2. The Hall–Kier alpha value is -2.77. The van der Waals surface area contributed by atoms with Gasteiger partial charge in [-0.05, 0) is 50.6 Å². The topological polar surface area (TPSA) is 61.9 Å². The first-order valence-corrected chi connectivity index (χ1v) is 12.3. The molecule has 7 heteroatoms. The van der Waals surface area contributed by atoms with Crippen molar-refractivity contribution in [1.29, 1.82) is 0 Å². The van der Waals surface area contributed by atoms with Gasteiger partial charge in [-0.15, -0.1) is 0 Å². The van der Waals surface area contributed by atoms with Crippen molar-refractivity contribution in [3.8, 4) is 0 Å². The second kappa shape index (κ2) is 8.54. The quantitative estimate of drug-likeness (QED) is 0.614. The molecule has 1 amide bonds. The molecule has 2 atom stereocenters. The van der Waals surface area contributed by atoms with E-state index in [1.165, 1.54) is 10.6 Å². The molecule has 3 aliphatic rings. The lowest BCUT2D eigenvalue weighted by Crippen LogP contribution is -2.51. The Balaban J connectivity index is 1.39. The highest BCUT2D eigenvalue weighted by Gasteiger charge is 2.53. The Labute approximate surface area is 199 Å². The van der Waals surface area contributed by atoms with Gasteiger partial charge in [0.15, 0.2) is 11.4 Å². The summed E-state index contributed by atoms with van der Waals surface area (Å²) in [4.78, 5) is 30.6. The van der Waals surface area contributed by atoms with E-state index in [1.54, 1.807) is 30.6 Å². The number of fused-ring (bicyclic) bond motifs is 2. The number of nitrogens with one attached hydrogen (secondary N) is 1. The number of carbonyl (C=O) groups is 2. The number of piperidine rings is 1. The third-order valence-corrected chi connectivity index (χ3v) is 8.26. The second-order valence-corrected chi connectivity index (χ2v) is 10.1. The number of ketones is 1. The van der Waals surface area contributed by atoms with E-state index in [4.69, 9.17) is 4.74 Å². The zero-order valence-electron chi connectivity index (χ0n) is 19.1. The number of hydrogen-bond acceptors (Lipinski definition) is 6. The van der Waals surface area contributed by atoms with Crippen LogP contribution in [0, 0.1) is 5.92 Å². The van der Waals surface area contributed by atoms with Gasteiger partial charge in [0.05, 0.1) is 17.1 Å². The van der Waals surface area contributed by atoms with Crippen LogP contribution < -0.4 is 10.2 Å². The van der Waals surface area contributed by atoms with Gasteiger partial charge in [0.25, 0.3) is 0 Å². The van der Waals surface area contributed by atoms with Gasteiger partial charge >= 0.3 is 6.09 Å². The van der Waals surface area contributed by atoms with E-state index in [0.717, 1.165) is 60.7 Å². The second-order valence-electron chi connectivity index (χ2n) is 9.02. The van der Waals surface area contributed by atoms with Gasteiger partial charge in [0.2, 0.25) is 0 Å². The molecule has 2 aromatic rings. The van der Waals surface area contributed by atoms with Crippen molar-refractivity contribution in [3.63, 3.8) is 0 Å². The maximum absolute atomic E-state index is 12.3. The molecule has 172 valence electrons. The van der Waals surface area contributed by atoms with E-state index in [-0.39, 0.29) is 17.8 Å². The van der Waals surface area contributed by atoms with Gasteiger partial charge in [-0.1, -0.05) is 36.5 Å². The van der Waals surface area contributed by atoms with Crippen LogP contribution in [-0.2, 0) is 4.74 Å². The zero-order chi connectivity index (χ0) is 23.2. The summed E-state index contributed by atoms with van der Waals surface area (Å²) in [5, 5.41) is 3.47. The first-order valence-electron chi connectivity index (χ1n) is 11.5. The molecule has 3 heterocycles. The van der Waals surface area contributed by atoms with E-state index in [9.17, 15) is 9.59 Å². The number of nitrogens with zero attached hydrogens (tertiary/aromatic N) is 2. The SMILES string of the molecule is C=C1N(C)C(=O)OC12CCNCC2CCCN1c2ccccc2Sc2ccc(C(C)=O)cc21. The lowest BCUT2D eigenvalue weighted by atomic mass is 9.77. The number of amides is 1. The fourth-order valence-electron chi connectivity index (χ4n) is 5.23. The number of anilines is 2. The monoisotopic (exact) mass is 463 g/mol. The number of hydrogen-bond donors (Lipinski definition) is 1. The van der Waals surface area contributed by atoms with Crippen LogP contribution in [0.3, 0.4) is 0 Å². The lowest BCUT2D eigenvalue weighted by Gasteiger charge is -2.41. The van der Waals surface area contributed by atoms with E-state index >= 15 is 0 Å². The Kier molecular flexibility index (Phi) is 5.70. The van der Waals surface area contributed by atoms with Crippen LogP contribution in [0.1, 0.15) is 36.5 Å². The molecule has 0 aliphatic carbocycles. The summed E-state index contributed by atoms with van der Waals surface area (Å²) in [6, 6.07) is 14.4. The molecular weight excluding hydrogens is 434 g/mol. The molecule has 0 bridgehead atoms. The van der Waals surface area contributed by atoms with Crippen LogP contribution in [-0.4, -0.2) is 49.1 Å². The number of rotatable bonds is 5. The molecule has 3 aliphatic heterocycles. The molecule has 2 unspecified atom stereocenters. The van der Waals surface area contributed by atoms with Gasteiger partial charge in [-0.25, -0.2) is 4.79 Å². The van der Waals surface area contributed by atoms with Crippen LogP contribution in [0.25, 0.3) is 0 Å². The highest BCUT2D eigenvalue weighted by Crippen LogP contribution is 2.49. The number of para-hydroxylation sites is 1. The number of ether oxygens (including phenoxy) is 1. The van der Waals surface area contributed by atoms with Crippen LogP contribution in [0.5, 0.6) is 0 Å². The smallest absolute Gasteiger partial charge is 0.414 e. The minimum Gasteiger partial charge on any atom is -0.436 e. The summed E-state index contributed by atoms with van der Waals surface area (Å²) in [6.07, 6.45) is 2.27. The van der Waals surface area contributed by atoms with Gasteiger partial charge in [-0.2, -0.15) is 0 Å². The third-order valence-electron chi connectivity index (χ3n) is 7.13. The van der Waals surface area contributed by atoms with Crippen molar-refractivity contribution in [1.82, 2.24) is 10.2 Å². The predicted molar refractivity (Wildman–Crippen MR) is 130 cm³/mol. The van der Waals surface area contributed by atoms with Crippen LogP contribution >= 0.6 is 11.8 Å². The maximum Gasteiger partial charge on any atom is 0.414 e. The Morgan fingerprint density at radius 2 is 2.03 bits per heavy atom. The summed E-state index contributed by atoms with van der Waals surface area (Å²) < 4.78 is 5.92. The summed E-state index contributed by atoms with van der Waals surface area (Å²) >= 11 is 1.75. The molecule has 0 radical (unpaired) electrons. The molecule has 2 fully saturated rings. The van der Waals surface area contributed by atoms with Crippen molar-refractivity contribution in [2.24, 2.45) is 5.92 Å².